The largest absolute Gasteiger partial charge is 0.475 e. The van der Waals surface area contributed by atoms with E-state index in [0.29, 0.717) is 10.6 Å². The third kappa shape index (κ3) is 5.27. The summed E-state index contributed by atoms with van der Waals surface area (Å²) >= 11 is 1.25. The smallest absolute Gasteiger partial charge is 0.371 e. The second-order valence-corrected chi connectivity index (χ2v) is 8.24. The van der Waals surface area contributed by atoms with Crippen molar-refractivity contribution in [1.82, 2.24) is 0 Å². The van der Waals surface area contributed by atoms with Gasteiger partial charge >= 0.3 is 11.9 Å². The maximum Gasteiger partial charge on any atom is 0.371 e. The Morgan fingerprint density at radius 2 is 2.00 bits per heavy atom. The van der Waals surface area contributed by atoms with Gasteiger partial charge in [-0.2, -0.15) is 0 Å². The van der Waals surface area contributed by atoms with E-state index in [9.17, 15) is 18.6 Å². The maximum absolute atomic E-state index is 12.2. The lowest BCUT2D eigenvalue weighted by molar-refractivity contribution is -0.113. The number of rotatable bonds is 8. The second kappa shape index (κ2) is 8.96. The average molecular weight is 413 g/mol. The number of esters is 1. The molecule has 0 saturated heterocycles. The van der Waals surface area contributed by atoms with E-state index in [2.05, 4.69) is 5.32 Å². The number of amides is 1. The van der Waals surface area contributed by atoms with Gasteiger partial charge in [-0.25, -0.2) is 9.59 Å². The summed E-state index contributed by atoms with van der Waals surface area (Å²) in [6.45, 7) is 5.50. The van der Waals surface area contributed by atoms with E-state index in [4.69, 9.17) is 14.3 Å². The molecular weight excluding hydrogens is 394 g/mol. The summed E-state index contributed by atoms with van der Waals surface area (Å²) in [5, 5.41) is 11.8. The highest BCUT2D eigenvalue weighted by atomic mass is 32.2. The van der Waals surface area contributed by atoms with Crippen LogP contribution in [0.4, 0.5) is 5.00 Å². The summed E-state index contributed by atoms with van der Waals surface area (Å²) < 4.78 is 22.2. The number of carbonyl (C=O) groups is 3. The summed E-state index contributed by atoms with van der Waals surface area (Å²) in [5.41, 5.74) is 1.03. The molecule has 0 aliphatic heterocycles. The van der Waals surface area contributed by atoms with Crippen LogP contribution < -0.4 is 5.32 Å². The van der Waals surface area contributed by atoms with E-state index < -0.39 is 28.6 Å². The quantitative estimate of drug-likeness (QED) is 0.638. The first-order valence-corrected chi connectivity index (χ1v) is 10.3. The molecule has 0 saturated carbocycles. The number of carboxylic acids is 1. The van der Waals surface area contributed by atoms with E-state index >= 15 is 0 Å². The van der Waals surface area contributed by atoms with Crippen LogP contribution in [0, 0.1) is 13.8 Å². The molecule has 1 atom stereocenters. The molecule has 2 aromatic rings. The Morgan fingerprint density at radius 1 is 1.30 bits per heavy atom. The number of thiophene rings is 1. The molecule has 8 nitrogen and oxygen atoms in total. The van der Waals surface area contributed by atoms with Crippen molar-refractivity contribution in [2.45, 2.75) is 26.5 Å². The van der Waals surface area contributed by atoms with Crippen molar-refractivity contribution in [3.8, 4) is 0 Å². The van der Waals surface area contributed by atoms with E-state index in [0.717, 1.165) is 10.4 Å². The second-order valence-electron chi connectivity index (χ2n) is 5.56. The van der Waals surface area contributed by atoms with Crippen LogP contribution in [0.1, 0.15) is 44.0 Å². The summed E-state index contributed by atoms with van der Waals surface area (Å²) in [6.07, 6.45) is 0. The van der Waals surface area contributed by atoms with Crippen molar-refractivity contribution in [3.63, 3.8) is 0 Å². The van der Waals surface area contributed by atoms with Crippen LogP contribution in [-0.4, -0.2) is 39.5 Å². The number of furan rings is 1. The third-order valence-corrected chi connectivity index (χ3v) is 5.90. The van der Waals surface area contributed by atoms with Crippen LogP contribution in [0.2, 0.25) is 0 Å². The number of carbonyl (C=O) groups excluding carboxylic acids is 2. The number of aryl methyl sites for hydroxylation is 1. The highest BCUT2D eigenvalue weighted by molar-refractivity contribution is 7.84. The topological polar surface area (TPSA) is 123 Å². The first-order chi connectivity index (χ1) is 12.7. The minimum absolute atomic E-state index is 0.0894. The van der Waals surface area contributed by atoms with Gasteiger partial charge in [0.2, 0.25) is 11.7 Å². The van der Waals surface area contributed by atoms with Crippen LogP contribution in [0.25, 0.3) is 0 Å². The molecule has 0 aliphatic carbocycles. The molecule has 0 aromatic carbocycles. The minimum atomic E-state index is -1.60. The molecule has 0 aliphatic rings. The number of aromatic carboxylic acids is 1. The number of carboxylic acid groups (broad SMARTS) is 1. The Morgan fingerprint density at radius 3 is 2.59 bits per heavy atom. The molecule has 0 bridgehead atoms. The van der Waals surface area contributed by atoms with Crippen LogP contribution in [0.3, 0.4) is 0 Å². The predicted molar refractivity (Wildman–Crippen MR) is 101 cm³/mol. The van der Waals surface area contributed by atoms with Crippen LogP contribution >= 0.6 is 11.3 Å². The van der Waals surface area contributed by atoms with E-state index in [-0.39, 0.29) is 29.6 Å². The highest BCUT2D eigenvalue weighted by Gasteiger charge is 2.23. The fourth-order valence-electron chi connectivity index (χ4n) is 2.25. The van der Waals surface area contributed by atoms with Gasteiger partial charge in [0.1, 0.15) is 16.5 Å². The van der Waals surface area contributed by atoms with E-state index in [1.807, 2.05) is 6.92 Å². The van der Waals surface area contributed by atoms with Crippen molar-refractivity contribution >= 4 is 45.0 Å². The molecule has 27 heavy (non-hydrogen) atoms. The van der Waals surface area contributed by atoms with Gasteiger partial charge in [-0.1, -0.05) is 0 Å². The molecule has 2 aromatic heterocycles. The van der Waals surface area contributed by atoms with Gasteiger partial charge < -0.3 is 19.6 Å². The van der Waals surface area contributed by atoms with Gasteiger partial charge in [-0.15, -0.1) is 11.3 Å². The summed E-state index contributed by atoms with van der Waals surface area (Å²) in [7, 11) is -1.60. The number of anilines is 1. The molecule has 2 N–H and O–H groups in total. The van der Waals surface area contributed by atoms with Crippen molar-refractivity contribution in [2.24, 2.45) is 0 Å². The lowest BCUT2D eigenvalue weighted by Gasteiger charge is -2.07. The van der Waals surface area contributed by atoms with Gasteiger partial charge in [-0.05, 0) is 38.5 Å². The first-order valence-electron chi connectivity index (χ1n) is 7.96. The zero-order chi connectivity index (χ0) is 20.1. The Kier molecular flexibility index (Phi) is 6.92. The summed E-state index contributed by atoms with van der Waals surface area (Å²) in [4.78, 5) is 36.0. The van der Waals surface area contributed by atoms with Gasteiger partial charge in [0, 0.05) is 15.7 Å². The number of nitrogens with one attached hydrogen (secondary N) is 1. The van der Waals surface area contributed by atoms with Crippen molar-refractivity contribution in [2.75, 3.05) is 17.7 Å². The number of ether oxygens (including phenoxy) is 1. The summed E-state index contributed by atoms with van der Waals surface area (Å²) in [5.74, 6) is -2.71. The molecule has 146 valence electrons. The Labute approximate surface area is 162 Å². The van der Waals surface area contributed by atoms with E-state index in [1.165, 1.54) is 23.5 Å². The zero-order valence-electron chi connectivity index (χ0n) is 15.0. The fraction of sp³-hybridized carbons (Fsp3) is 0.353. The SMILES string of the molecule is CCOC(=O)c1c(NC(=O)CS(=O)Cc2ccc(C(=O)O)o2)sc(C)c1C. The molecular formula is C17H19NO7S2. The summed E-state index contributed by atoms with van der Waals surface area (Å²) in [6, 6.07) is 2.67. The molecule has 0 spiro atoms. The fourth-order valence-corrected chi connectivity index (χ4v) is 4.26. The molecule has 2 rings (SSSR count). The molecule has 0 radical (unpaired) electrons. The Hall–Kier alpha value is -2.46. The van der Waals surface area contributed by atoms with E-state index in [1.54, 1.807) is 13.8 Å². The molecule has 1 amide bonds. The highest BCUT2D eigenvalue weighted by Crippen LogP contribution is 2.33. The Bertz CT molecular complexity index is 897. The van der Waals surface area contributed by atoms with Crippen molar-refractivity contribution < 1.29 is 32.9 Å². The Balaban J connectivity index is 2.02. The average Bonchev–Trinajstić information content (AvgIpc) is 3.13. The lowest BCUT2D eigenvalue weighted by atomic mass is 10.1. The lowest BCUT2D eigenvalue weighted by Crippen LogP contribution is -2.21. The minimum Gasteiger partial charge on any atom is -0.475 e. The molecule has 1 unspecified atom stereocenters. The monoisotopic (exact) mass is 413 g/mol. The predicted octanol–water partition coefficient (Wildman–Crippen LogP) is 2.72. The molecule has 10 heteroatoms. The first kappa shape index (κ1) is 20.8. The normalized spacial score (nSPS) is 11.8. The number of hydrogen-bond acceptors (Lipinski definition) is 7. The standard InChI is InChI=1S/C17H19NO7S2/c1-4-24-17(22)14-9(2)10(3)26-15(14)18-13(19)8-27(23)7-11-5-6-12(25-11)16(20)21/h5-6H,4,7-8H2,1-3H3,(H,18,19)(H,20,21). The van der Waals surface area contributed by atoms with Crippen LogP contribution in [0.15, 0.2) is 16.5 Å². The van der Waals surface area contributed by atoms with Gasteiger partial charge in [-0.3, -0.25) is 9.00 Å². The van der Waals surface area contributed by atoms with Crippen molar-refractivity contribution in [3.05, 3.63) is 39.7 Å². The molecule has 0 fully saturated rings. The van der Waals surface area contributed by atoms with Gasteiger partial charge in [0.25, 0.3) is 0 Å². The maximum atomic E-state index is 12.2. The van der Waals surface area contributed by atoms with Crippen molar-refractivity contribution in [1.29, 1.82) is 0 Å². The number of hydrogen-bond donors (Lipinski definition) is 2. The van der Waals surface area contributed by atoms with Gasteiger partial charge in [0.05, 0.1) is 17.9 Å². The third-order valence-electron chi connectivity index (χ3n) is 3.59. The zero-order valence-corrected chi connectivity index (χ0v) is 16.6. The van der Waals surface area contributed by atoms with Gasteiger partial charge in [0.15, 0.2) is 0 Å². The van der Waals surface area contributed by atoms with Crippen LogP contribution in [0.5, 0.6) is 0 Å². The van der Waals surface area contributed by atoms with Crippen LogP contribution in [-0.2, 0) is 26.1 Å². The molecule has 2 heterocycles.